The summed E-state index contributed by atoms with van der Waals surface area (Å²) < 4.78 is 11.5. The summed E-state index contributed by atoms with van der Waals surface area (Å²) in [6.07, 6.45) is 0.244. The van der Waals surface area contributed by atoms with Gasteiger partial charge >= 0.3 is 0 Å². The van der Waals surface area contributed by atoms with E-state index in [1.165, 1.54) is 0 Å². The Bertz CT molecular complexity index is 530. The number of hydrogen-bond acceptors (Lipinski definition) is 4. The number of rotatable bonds is 7. The smallest absolute Gasteiger partial charge is 0.170 e. The fraction of sp³-hybridized carbons (Fsp3) is 0.611. The molecule has 1 aromatic carbocycles. The molecule has 0 fully saturated rings. The van der Waals surface area contributed by atoms with Crippen LogP contribution >= 0.6 is 0 Å². The summed E-state index contributed by atoms with van der Waals surface area (Å²) in [5.74, 6) is 0.996. The van der Waals surface area contributed by atoms with Gasteiger partial charge in [-0.25, -0.2) is 0 Å². The van der Waals surface area contributed by atoms with Gasteiger partial charge in [-0.3, -0.25) is 4.79 Å². The van der Waals surface area contributed by atoms with Crippen molar-refractivity contribution in [3.8, 4) is 17.2 Å². The lowest BCUT2D eigenvalue weighted by Crippen LogP contribution is -2.14. The van der Waals surface area contributed by atoms with E-state index in [-0.39, 0.29) is 35.2 Å². The molecule has 0 spiro atoms. The van der Waals surface area contributed by atoms with Gasteiger partial charge in [0.25, 0.3) is 0 Å². The van der Waals surface area contributed by atoms with Crippen LogP contribution in [0.1, 0.15) is 63.9 Å². The van der Waals surface area contributed by atoms with Crippen LogP contribution in [-0.2, 0) is 0 Å². The number of phenols is 1. The molecule has 0 aliphatic carbocycles. The summed E-state index contributed by atoms with van der Waals surface area (Å²) in [6.45, 7) is 13.3. The van der Waals surface area contributed by atoms with Gasteiger partial charge in [0.05, 0.1) is 12.2 Å². The number of ketones is 1. The minimum absolute atomic E-state index is 0.0257. The molecule has 1 rings (SSSR count). The number of Topliss-reactive ketones (excluding diaryl/α,β-unsaturated/α-hetero) is 1. The zero-order valence-corrected chi connectivity index (χ0v) is 14.7. The van der Waals surface area contributed by atoms with Crippen molar-refractivity contribution in [3.05, 3.63) is 17.2 Å². The van der Waals surface area contributed by atoms with Crippen molar-refractivity contribution < 1.29 is 19.4 Å². The second-order valence-electron chi connectivity index (χ2n) is 6.58. The highest BCUT2D eigenvalue weighted by atomic mass is 16.5. The van der Waals surface area contributed by atoms with Gasteiger partial charge in [-0.2, -0.15) is 0 Å². The molecule has 0 aromatic heterocycles. The number of ether oxygens (including phenoxy) is 2. The van der Waals surface area contributed by atoms with Crippen LogP contribution in [0, 0.1) is 12.8 Å². The number of carbonyl (C=O) groups is 1. The first-order chi connectivity index (χ1) is 10.1. The third-order valence-electron chi connectivity index (χ3n) is 3.07. The lowest BCUT2D eigenvalue weighted by Gasteiger charge is -2.20. The first-order valence-corrected chi connectivity index (χ1v) is 7.86. The van der Waals surface area contributed by atoms with E-state index in [4.69, 9.17) is 9.47 Å². The molecule has 22 heavy (non-hydrogen) atoms. The molecule has 0 radical (unpaired) electrons. The lowest BCUT2D eigenvalue weighted by atomic mass is 9.97. The maximum absolute atomic E-state index is 12.5. The van der Waals surface area contributed by atoms with Gasteiger partial charge in [0.2, 0.25) is 0 Å². The van der Waals surface area contributed by atoms with Gasteiger partial charge in [-0.15, -0.1) is 0 Å². The Morgan fingerprint density at radius 2 is 1.55 bits per heavy atom. The van der Waals surface area contributed by atoms with Crippen LogP contribution in [0.5, 0.6) is 17.2 Å². The Kier molecular flexibility index (Phi) is 6.27. The molecule has 0 heterocycles. The Morgan fingerprint density at radius 3 is 2.00 bits per heavy atom. The molecular formula is C18H28O4. The quantitative estimate of drug-likeness (QED) is 0.753. The highest BCUT2D eigenvalue weighted by molar-refractivity contribution is 6.02. The Hall–Kier alpha value is -1.71. The molecular weight excluding hydrogens is 280 g/mol. The van der Waals surface area contributed by atoms with Gasteiger partial charge in [-0.05, 0) is 40.5 Å². The number of aromatic hydroxyl groups is 1. The average molecular weight is 308 g/mol. The minimum atomic E-state index is -0.109. The highest BCUT2D eigenvalue weighted by Gasteiger charge is 2.24. The van der Waals surface area contributed by atoms with Crippen molar-refractivity contribution in [2.24, 2.45) is 5.92 Å². The fourth-order valence-corrected chi connectivity index (χ4v) is 2.19. The minimum Gasteiger partial charge on any atom is -0.507 e. The van der Waals surface area contributed by atoms with E-state index in [0.29, 0.717) is 23.5 Å². The zero-order chi connectivity index (χ0) is 17.0. The number of carbonyl (C=O) groups excluding carboxylic acids is 1. The molecule has 4 heteroatoms. The van der Waals surface area contributed by atoms with E-state index in [1.807, 2.05) is 41.5 Å². The molecule has 0 amide bonds. The predicted molar refractivity (Wildman–Crippen MR) is 88.2 cm³/mol. The van der Waals surface area contributed by atoms with Gasteiger partial charge < -0.3 is 14.6 Å². The molecule has 0 aliphatic heterocycles. The third kappa shape index (κ3) is 4.65. The van der Waals surface area contributed by atoms with E-state index >= 15 is 0 Å². The van der Waals surface area contributed by atoms with Crippen LogP contribution < -0.4 is 9.47 Å². The molecule has 0 aliphatic rings. The van der Waals surface area contributed by atoms with Gasteiger partial charge in [0, 0.05) is 18.1 Å². The molecule has 0 atom stereocenters. The van der Waals surface area contributed by atoms with E-state index in [9.17, 15) is 9.90 Å². The van der Waals surface area contributed by atoms with Crippen molar-refractivity contribution in [2.45, 2.75) is 67.1 Å². The maximum atomic E-state index is 12.5. The van der Waals surface area contributed by atoms with Gasteiger partial charge in [0.1, 0.15) is 22.8 Å². The summed E-state index contributed by atoms with van der Waals surface area (Å²) in [5.41, 5.74) is 0.827. The van der Waals surface area contributed by atoms with E-state index in [1.54, 1.807) is 13.0 Å². The fourth-order valence-electron chi connectivity index (χ4n) is 2.19. The summed E-state index contributed by atoms with van der Waals surface area (Å²) in [7, 11) is 0. The van der Waals surface area contributed by atoms with Crippen LogP contribution in [0.3, 0.4) is 0 Å². The normalized spacial score (nSPS) is 11.4. The first kappa shape index (κ1) is 18.3. The van der Waals surface area contributed by atoms with E-state index in [0.717, 1.165) is 0 Å². The van der Waals surface area contributed by atoms with Crippen LogP contribution in [0.15, 0.2) is 6.07 Å². The number of hydrogen-bond donors (Lipinski definition) is 1. The first-order valence-electron chi connectivity index (χ1n) is 7.86. The zero-order valence-electron chi connectivity index (χ0n) is 14.7. The van der Waals surface area contributed by atoms with Gasteiger partial charge in [0.15, 0.2) is 5.78 Å². The number of phenolic OH excluding ortho intramolecular Hbond substituents is 1. The Labute approximate surface area is 133 Å². The number of benzene rings is 1. The third-order valence-corrected chi connectivity index (χ3v) is 3.07. The Morgan fingerprint density at radius 1 is 1.05 bits per heavy atom. The summed E-state index contributed by atoms with van der Waals surface area (Å²) in [6, 6.07) is 1.71. The van der Waals surface area contributed by atoms with Crippen LogP contribution in [0.25, 0.3) is 0 Å². The van der Waals surface area contributed by atoms with E-state index < -0.39 is 0 Å². The SMILES string of the molecule is Cc1c(OC(C)C)cc(OC(C)C)c(C(=O)CC(C)C)c1O. The second-order valence-corrected chi connectivity index (χ2v) is 6.58. The summed E-state index contributed by atoms with van der Waals surface area (Å²) in [5, 5.41) is 10.5. The Balaban J connectivity index is 3.39. The van der Waals surface area contributed by atoms with Crippen molar-refractivity contribution in [3.63, 3.8) is 0 Å². The van der Waals surface area contributed by atoms with Crippen LogP contribution in [0.4, 0.5) is 0 Å². The molecule has 0 saturated heterocycles. The molecule has 0 saturated carbocycles. The maximum Gasteiger partial charge on any atom is 0.170 e. The van der Waals surface area contributed by atoms with E-state index in [2.05, 4.69) is 0 Å². The van der Waals surface area contributed by atoms with Crippen LogP contribution in [0.2, 0.25) is 0 Å². The second kappa shape index (κ2) is 7.52. The standard InChI is InChI=1S/C18H28O4/c1-10(2)8-14(19)17-16(22-12(5)6)9-15(21-11(3)4)13(7)18(17)20/h9-12,20H,8H2,1-7H3. The highest BCUT2D eigenvalue weighted by Crippen LogP contribution is 2.40. The van der Waals surface area contributed by atoms with Crippen molar-refractivity contribution in [1.82, 2.24) is 0 Å². The molecule has 0 bridgehead atoms. The van der Waals surface area contributed by atoms with Gasteiger partial charge in [-0.1, -0.05) is 13.8 Å². The molecule has 124 valence electrons. The average Bonchev–Trinajstić information content (AvgIpc) is 2.33. The molecule has 4 nitrogen and oxygen atoms in total. The van der Waals surface area contributed by atoms with Crippen LogP contribution in [-0.4, -0.2) is 23.1 Å². The largest absolute Gasteiger partial charge is 0.507 e. The van der Waals surface area contributed by atoms with Crippen molar-refractivity contribution in [2.75, 3.05) is 0 Å². The van der Waals surface area contributed by atoms with Crippen molar-refractivity contribution >= 4 is 5.78 Å². The predicted octanol–water partition coefficient (Wildman–Crippen LogP) is 4.50. The summed E-state index contributed by atoms with van der Waals surface area (Å²) in [4.78, 5) is 12.5. The molecule has 1 aromatic rings. The molecule has 0 unspecified atom stereocenters. The monoisotopic (exact) mass is 308 g/mol. The topological polar surface area (TPSA) is 55.8 Å². The summed E-state index contributed by atoms with van der Waals surface area (Å²) >= 11 is 0. The van der Waals surface area contributed by atoms with Crippen molar-refractivity contribution in [1.29, 1.82) is 0 Å². The molecule has 1 N–H and O–H groups in total. The lowest BCUT2D eigenvalue weighted by molar-refractivity contribution is 0.0958.